The average Bonchev–Trinajstić information content (AvgIpc) is 2.45. The predicted octanol–water partition coefficient (Wildman–Crippen LogP) is 3.62. The van der Waals surface area contributed by atoms with Gasteiger partial charge >= 0.3 is 6.36 Å². The summed E-state index contributed by atoms with van der Waals surface area (Å²) in [6.45, 7) is 0. The number of benzene rings is 1. The molecule has 23 heavy (non-hydrogen) atoms. The van der Waals surface area contributed by atoms with Gasteiger partial charge in [0, 0.05) is 24.4 Å². The molecule has 1 aromatic carbocycles. The van der Waals surface area contributed by atoms with E-state index in [-0.39, 0.29) is 23.9 Å². The number of fused-ring (bicyclic) bond motifs is 2. The molecule has 0 saturated carbocycles. The van der Waals surface area contributed by atoms with Gasteiger partial charge in [-0.25, -0.2) is 0 Å². The first-order chi connectivity index (χ1) is 10.9. The molecule has 126 valence electrons. The van der Waals surface area contributed by atoms with E-state index in [0.717, 1.165) is 25.7 Å². The number of alkyl halides is 3. The fourth-order valence-corrected chi connectivity index (χ4v) is 3.73. The van der Waals surface area contributed by atoms with Crippen LogP contribution in [0.15, 0.2) is 24.3 Å². The third-order valence-electron chi connectivity index (χ3n) is 4.68. The number of hydrogen-bond donors (Lipinski definition) is 1. The zero-order valence-electron chi connectivity index (χ0n) is 12.7. The molecule has 1 aromatic rings. The van der Waals surface area contributed by atoms with Crippen LogP contribution in [0.1, 0.15) is 37.7 Å². The number of nitrogens with one attached hydrogen (secondary N) is 1. The highest BCUT2D eigenvalue weighted by Gasteiger charge is 2.34. The van der Waals surface area contributed by atoms with Gasteiger partial charge in [0.05, 0.1) is 0 Å². The van der Waals surface area contributed by atoms with E-state index in [2.05, 4.69) is 10.1 Å². The zero-order chi connectivity index (χ0) is 16.4. The van der Waals surface area contributed by atoms with Crippen molar-refractivity contribution in [3.63, 3.8) is 0 Å². The minimum atomic E-state index is -4.71. The normalized spacial score (nSPS) is 27.5. The maximum atomic E-state index is 12.5. The second-order valence-electron chi connectivity index (χ2n) is 6.50. The molecule has 3 nitrogen and oxygen atoms in total. The lowest BCUT2D eigenvalue weighted by molar-refractivity contribution is -0.274. The van der Waals surface area contributed by atoms with Gasteiger partial charge in [-0.15, -0.1) is 13.2 Å². The van der Waals surface area contributed by atoms with E-state index in [0.29, 0.717) is 17.6 Å². The van der Waals surface area contributed by atoms with E-state index >= 15 is 0 Å². The third-order valence-corrected chi connectivity index (χ3v) is 4.68. The number of ether oxygens (including phenoxy) is 1. The van der Waals surface area contributed by atoms with Gasteiger partial charge in [-0.05, 0) is 43.4 Å². The van der Waals surface area contributed by atoms with Crippen LogP contribution >= 0.6 is 0 Å². The molecule has 2 bridgehead atoms. The summed E-state index contributed by atoms with van der Waals surface area (Å²) in [5.41, 5.74) is 0.570. The van der Waals surface area contributed by atoms with Gasteiger partial charge in [0.25, 0.3) is 0 Å². The quantitative estimate of drug-likeness (QED) is 0.918. The number of piperidine rings is 2. The van der Waals surface area contributed by atoms with E-state index in [4.69, 9.17) is 0 Å². The number of rotatable bonds is 4. The van der Waals surface area contributed by atoms with Gasteiger partial charge in [0.2, 0.25) is 0 Å². The van der Waals surface area contributed by atoms with E-state index in [1.54, 1.807) is 6.07 Å². The van der Waals surface area contributed by atoms with Gasteiger partial charge in [-0.2, -0.15) is 0 Å². The van der Waals surface area contributed by atoms with E-state index < -0.39 is 6.36 Å². The summed E-state index contributed by atoms with van der Waals surface area (Å²) in [4.78, 5) is 12.5. The number of carbonyl (C=O) groups excluding carboxylic acids is 1. The van der Waals surface area contributed by atoms with Crippen LogP contribution in [0.3, 0.4) is 0 Å². The molecule has 6 heteroatoms. The molecule has 1 N–H and O–H groups in total. The lowest BCUT2D eigenvalue weighted by atomic mass is 9.77. The Morgan fingerprint density at radius 2 is 1.91 bits per heavy atom. The first kappa shape index (κ1) is 16.3. The summed E-state index contributed by atoms with van der Waals surface area (Å²) in [7, 11) is 0. The number of carbonyl (C=O) groups is 1. The minimum Gasteiger partial charge on any atom is -0.406 e. The van der Waals surface area contributed by atoms with Crippen molar-refractivity contribution in [2.24, 2.45) is 5.92 Å². The maximum Gasteiger partial charge on any atom is 0.573 e. The molecule has 0 amide bonds. The zero-order valence-corrected chi connectivity index (χ0v) is 12.7. The fraction of sp³-hybridized carbons (Fsp3) is 0.588. The lowest BCUT2D eigenvalue weighted by Crippen LogP contribution is -2.50. The van der Waals surface area contributed by atoms with Crippen molar-refractivity contribution >= 4 is 5.78 Å². The Balaban J connectivity index is 1.62. The summed E-state index contributed by atoms with van der Waals surface area (Å²) in [5.74, 6) is -0.142. The second-order valence-corrected chi connectivity index (χ2v) is 6.50. The summed E-state index contributed by atoms with van der Waals surface area (Å²) in [6.07, 6.45) is 0.556. The second kappa shape index (κ2) is 6.51. The molecule has 0 aliphatic carbocycles. The highest BCUT2D eigenvalue weighted by atomic mass is 19.4. The number of Topliss-reactive ketones (excluding diaryl/α,β-unsaturated/α-hetero) is 1. The third kappa shape index (κ3) is 4.47. The molecule has 2 saturated heterocycles. The van der Waals surface area contributed by atoms with Crippen molar-refractivity contribution in [1.82, 2.24) is 5.32 Å². The summed E-state index contributed by atoms with van der Waals surface area (Å²) in [5, 5.41) is 3.54. The van der Waals surface area contributed by atoms with Gasteiger partial charge in [-0.3, -0.25) is 4.79 Å². The molecule has 2 aliphatic heterocycles. The number of hydrogen-bond acceptors (Lipinski definition) is 3. The molecule has 2 atom stereocenters. The molecular formula is C17H20F3NO2. The first-order valence-electron chi connectivity index (χ1n) is 8.02. The molecule has 2 unspecified atom stereocenters. The van der Waals surface area contributed by atoms with Gasteiger partial charge < -0.3 is 10.1 Å². The first-order valence-corrected chi connectivity index (χ1v) is 8.02. The smallest absolute Gasteiger partial charge is 0.406 e. The average molecular weight is 327 g/mol. The minimum absolute atomic E-state index is 0.0127. The fourth-order valence-electron chi connectivity index (χ4n) is 3.73. The van der Waals surface area contributed by atoms with Crippen molar-refractivity contribution in [3.05, 3.63) is 29.8 Å². The van der Waals surface area contributed by atoms with E-state index in [1.165, 1.54) is 24.6 Å². The van der Waals surface area contributed by atoms with Gasteiger partial charge in [0.15, 0.2) is 0 Å². The van der Waals surface area contributed by atoms with Crippen molar-refractivity contribution in [2.45, 2.75) is 57.0 Å². The molecule has 0 aromatic heterocycles. The number of halogens is 3. The van der Waals surface area contributed by atoms with Crippen LogP contribution in [0.5, 0.6) is 5.75 Å². The summed E-state index contributed by atoms with van der Waals surface area (Å²) >= 11 is 0. The Morgan fingerprint density at radius 1 is 1.22 bits per heavy atom. The van der Waals surface area contributed by atoms with Crippen LogP contribution in [-0.4, -0.2) is 24.2 Å². The topological polar surface area (TPSA) is 38.3 Å². The molecule has 2 aliphatic rings. The highest BCUT2D eigenvalue weighted by Crippen LogP contribution is 2.31. The van der Waals surface area contributed by atoms with Gasteiger partial charge in [0.1, 0.15) is 11.5 Å². The van der Waals surface area contributed by atoms with Crippen LogP contribution < -0.4 is 10.1 Å². The predicted molar refractivity (Wildman–Crippen MR) is 79.1 cm³/mol. The molecule has 3 rings (SSSR count). The SMILES string of the molecule is O=C(Cc1cccc(OC(F)(F)F)c1)C1CC2CCCC(C1)N2. The Hall–Kier alpha value is -1.56. The maximum absolute atomic E-state index is 12.5. The van der Waals surface area contributed by atoms with Crippen LogP contribution in [0.4, 0.5) is 13.2 Å². The van der Waals surface area contributed by atoms with Crippen molar-refractivity contribution in [3.8, 4) is 5.75 Å². The number of ketones is 1. The van der Waals surface area contributed by atoms with Crippen molar-refractivity contribution in [2.75, 3.05) is 0 Å². The molecular weight excluding hydrogens is 307 g/mol. The van der Waals surface area contributed by atoms with E-state index in [9.17, 15) is 18.0 Å². The lowest BCUT2D eigenvalue weighted by Gasteiger charge is -2.39. The van der Waals surface area contributed by atoms with Crippen LogP contribution in [0.25, 0.3) is 0 Å². The largest absolute Gasteiger partial charge is 0.573 e. The Labute approximate surface area is 133 Å². The molecule has 2 heterocycles. The highest BCUT2D eigenvalue weighted by molar-refractivity contribution is 5.83. The van der Waals surface area contributed by atoms with Crippen LogP contribution in [0.2, 0.25) is 0 Å². The van der Waals surface area contributed by atoms with Crippen molar-refractivity contribution in [1.29, 1.82) is 0 Å². The summed E-state index contributed by atoms with van der Waals surface area (Å²) in [6, 6.07) is 6.53. The molecule has 0 spiro atoms. The van der Waals surface area contributed by atoms with Crippen LogP contribution in [-0.2, 0) is 11.2 Å². The Bertz CT molecular complexity index is 561. The Kier molecular flexibility index (Phi) is 4.62. The Morgan fingerprint density at radius 3 is 2.57 bits per heavy atom. The molecule has 0 radical (unpaired) electrons. The van der Waals surface area contributed by atoms with Gasteiger partial charge in [-0.1, -0.05) is 18.6 Å². The molecule has 2 fully saturated rings. The van der Waals surface area contributed by atoms with E-state index in [1.807, 2.05) is 0 Å². The van der Waals surface area contributed by atoms with Crippen molar-refractivity contribution < 1.29 is 22.7 Å². The van der Waals surface area contributed by atoms with Crippen LogP contribution in [0, 0.1) is 5.92 Å². The monoisotopic (exact) mass is 327 g/mol. The standard InChI is InChI=1S/C17H20F3NO2/c18-17(19,20)23-15-6-1-3-11(7-15)8-16(22)12-9-13-4-2-5-14(10-12)21-13/h1,3,6-7,12-14,21H,2,4-5,8-10H2. The summed E-state index contributed by atoms with van der Waals surface area (Å²) < 4.78 is 40.7.